The summed E-state index contributed by atoms with van der Waals surface area (Å²) < 4.78 is 0. The number of rotatable bonds is 5. The maximum Gasteiger partial charge on any atom is 0.0153 e. The predicted molar refractivity (Wildman–Crippen MR) is 60.0 cm³/mol. The molecule has 0 aliphatic heterocycles. The molecule has 0 aromatic rings. The van der Waals surface area contributed by atoms with Gasteiger partial charge in [-0.3, -0.25) is 0 Å². The Morgan fingerprint density at radius 1 is 1.15 bits per heavy atom. The second-order valence-electron chi connectivity index (χ2n) is 4.86. The minimum atomic E-state index is 0.340. The zero-order valence-electron chi connectivity index (χ0n) is 10.1. The molecule has 2 nitrogen and oxygen atoms in total. The Hall–Kier alpha value is -0.0800. The summed E-state index contributed by atoms with van der Waals surface area (Å²) in [6.45, 7) is 10.3. The largest absolute Gasteiger partial charge is 0.319 e. The van der Waals surface area contributed by atoms with Crippen LogP contribution >= 0.6 is 0 Å². The highest BCUT2D eigenvalue weighted by Crippen LogP contribution is 2.26. The molecule has 0 aromatic heterocycles. The summed E-state index contributed by atoms with van der Waals surface area (Å²) in [4.78, 5) is 0. The second kappa shape index (κ2) is 5.61. The zero-order valence-corrected chi connectivity index (χ0v) is 10.1. The summed E-state index contributed by atoms with van der Waals surface area (Å²) in [5.74, 6) is 0.718. The lowest BCUT2D eigenvalue weighted by Crippen LogP contribution is -2.46. The molecule has 0 rings (SSSR count). The van der Waals surface area contributed by atoms with Crippen LogP contribution in [0.15, 0.2) is 0 Å². The molecule has 0 saturated carbocycles. The predicted octanol–water partition coefficient (Wildman–Crippen LogP) is 1.87. The van der Waals surface area contributed by atoms with Crippen molar-refractivity contribution in [2.75, 3.05) is 20.6 Å². The van der Waals surface area contributed by atoms with Gasteiger partial charge in [0, 0.05) is 6.04 Å². The van der Waals surface area contributed by atoms with Crippen LogP contribution < -0.4 is 10.6 Å². The summed E-state index contributed by atoms with van der Waals surface area (Å²) in [6.07, 6.45) is 1.23. The fourth-order valence-electron chi connectivity index (χ4n) is 2.14. The van der Waals surface area contributed by atoms with Gasteiger partial charge >= 0.3 is 0 Å². The van der Waals surface area contributed by atoms with Gasteiger partial charge in [0.05, 0.1) is 0 Å². The minimum absolute atomic E-state index is 0.340. The monoisotopic (exact) mass is 186 g/mol. The van der Waals surface area contributed by atoms with Gasteiger partial charge in [-0.1, -0.05) is 34.1 Å². The van der Waals surface area contributed by atoms with E-state index in [0.29, 0.717) is 11.5 Å². The maximum atomic E-state index is 3.44. The third-order valence-electron chi connectivity index (χ3n) is 2.71. The van der Waals surface area contributed by atoms with Crippen molar-refractivity contribution in [2.45, 2.75) is 40.2 Å². The Morgan fingerprint density at radius 3 is 1.92 bits per heavy atom. The molecule has 0 radical (unpaired) electrons. The Morgan fingerprint density at radius 2 is 1.69 bits per heavy atom. The van der Waals surface area contributed by atoms with E-state index in [2.05, 4.69) is 45.4 Å². The van der Waals surface area contributed by atoms with Gasteiger partial charge in [0.1, 0.15) is 0 Å². The number of hydrogen-bond acceptors (Lipinski definition) is 2. The first-order chi connectivity index (χ1) is 5.97. The van der Waals surface area contributed by atoms with Crippen LogP contribution in [-0.2, 0) is 0 Å². The van der Waals surface area contributed by atoms with Crippen LogP contribution in [-0.4, -0.2) is 26.7 Å². The fourth-order valence-corrected chi connectivity index (χ4v) is 2.14. The molecule has 80 valence electrons. The molecule has 2 heteroatoms. The van der Waals surface area contributed by atoms with Crippen molar-refractivity contribution in [2.24, 2.45) is 11.3 Å². The molecular weight excluding hydrogens is 160 g/mol. The average Bonchev–Trinajstić information content (AvgIpc) is 2.01. The summed E-state index contributed by atoms with van der Waals surface area (Å²) >= 11 is 0. The van der Waals surface area contributed by atoms with Crippen molar-refractivity contribution >= 4 is 0 Å². The molecule has 2 N–H and O–H groups in total. The van der Waals surface area contributed by atoms with Gasteiger partial charge < -0.3 is 10.6 Å². The quantitative estimate of drug-likeness (QED) is 0.685. The molecule has 0 aliphatic rings. The number of hydrogen-bond donors (Lipinski definition) is 2. The molecule has 0 amide bonds. The molecule has 0 spiro atoms. The summed E-state index contributed by atoms with van der Waals surface area (Å²) in [7, 11) is 4.09. The molecule has 0 aliphatic carbocycles. The second-order valence-corrected chi connectivity index (χ2v) is 4.86. The van der Waals surface area contributed by atoms with E-state index in [1.807, 2.05) is 7.05 Å². The lowest BCUT2D eigenvalue weighted by Gasteiger charge is -2.36. The lowest BCUT2D eigenvalue weighted by atomic mass is 9.78. The lowest BCUT2D eigenvalue weighted by molar-refractivity contribution is 0.196. The summed E-state index contributed by atoms with van der Waals surface area (Å²) in [5, 5.41) is 6.70. The van der Waals surface area contributed by atoms with Crippen LogP contribution in [0.4, 0.5) is 0 Å². The van der Waals surface area contributed by atoms with E-state index >= 15 is 0 Å². The van der Waals surface area contributed by atoms with E-state index in [4.69, 9.17) is 0 Å². The van der Waals surface area contributed by atoms with Crippen molar-refractivity contribution < 1.29 is 0 Å². The molecule has 13 heavy (non-hydrogen) atoms. The summed E-state index contributed by atoms with van der Waals surface area (Å²) in [6, 6.07) is 0.588. The molecular formula is C11H26N2. The van der Waals surface area contributed by atoms with Crippen molar-refractivity contribution in [3.63, 3.8) is 0 Å². The third-order valence-corrected chi connectivity index (χ3v) is 2.71. The van der Waals surface area contributed by atoms with E-state index in [1.54, 1.807) is 0 Å². The smallest absolute Gasteiger partial charge is 0.0153 e. The number of nitrogens with one attached hydrogen (secondary N) is 2. The Bertz CT molecular complexity index is 127. The molecule has 0 saturated heterocycles. The standard InChI is InChI=1S/C11H26N2/c1-7-9(8-12-5)10(13-6)11(2,3)4/h9-10,12-13H,7-8H2,1-6H3. The van der Waals surface area contributed by atoms with Crippen LogP contribution in [0, 0.1) is 11.3 Å². The normalized spacial score (nSPS) is 17.1. The van der Waals surface area contributed by atoms with E-state index < -0.39 is 0 Å². The van der Waals surface area contributed by atoms with Gasteiger partial charge in [0.15, 0.2) is 0 Å². The Balaban J connectivity index is 4.34. The summed E-state index contributed by atoms with van der Waals surface area (Å²) in [5.41, 5.74) is 0.340. The van der Waals surface area contributed by atoms with Gasteiger partial charge in [0.25, 0.3) is 0 Å². The van der Waals surface area contributed by atoms with Crippen molar-refractivity contribution in [3.05, 3.63) is 0 Å². The first-order valence-electron chi connectivity index (χ1n) is 5.29. The Kier molecular flexibility index (Phi) is 5.57. The third kappa shape index (κ3) is 4.10. The topological polar surface area (TPSA) is 24.1 Å². The molecule has 0 heterocycles. The van der Waals surface area contributed by atoms with E-state index in [1.165, 1.54) is 6.42 Å². The molecule has 0 fully saturated rings. The van der Waals surface area contributed by atoms with Crippen LogP contribution in [0.2, 0.25) is 0 Å². The molecule has 2 unspecified atom stereocenters. The molecule has 0 bridgehead atoms. The maximum absolute atomic E-state index is 3.44. The van der Waals surface area contributed by atoms with Gasteiger partial charge in [-0.2, -0.15) is 0 Å². The SMILES string of the molecule is CCC(CNC)C(NC)C(C)(C)C. The van der Waals surface area contributed by atoms with Gasteiger partial charge in [0.2, 0.25) is 0 Å². The highest BCUT2D eigenvalue weighted by molar-refractivity contribution is 4.85. The van der Waals surface area contributed by atoms with Gasteiger partial charge in [-0.15, -0.1) is 0 Å². The minimum Gasteiger partial charge on any atom is -0.319 e. The van der Waals surface area contributed by atoms with Crippen molar-refractivity contribution in [3.8, 4) is 0 Å². The van der Waals surface area contributed by atoms with Crippen LogP contribution in [0.25, 0.3) is 0 Å². The van der Waals surface area contributed by atoms with E-state index in [9.17, 15) is 0 Å². The molecule has 0 aromatic carbocycles. The Labute approximate surface area is 83.5 Å². The van der Waals surface area contributed by atoms with Crippen LogP contribution in [0.1, 0.15) is 34.1 Å². The zero-order chi connectivity index (χ0) is 10.5. The first kappa shape index (κ1) is 12.9. The van der Waals surface area contributed by atoms with E-state index in [-0.39, 0.29) is 0 Å². The van der Waals surface area contributed by atoms with Crippen molar-refractivity contribution in [1.82, 2.24) is 10.6 Å². The van der Waals surface area contributed by atoms with Crippen molar-refractivity contribution in [1.29, 1.82) is 0 Å². The fraction of sp³-hybridized carbons (Fsp3) is 1.00. The highest BCUT2D eigenvalue weighted by atomic mass is 14.9. The van der Waals surface area contributed by atoms with Gasteiger partial charge in [-0.25, -0.2) is 0 Å². The first-order valence-corrected chi connectivity index (χ1v) is 5.29. The van der Waals surface area contributed by atoms with Crippen LogP contribution in [0.5, 0.6) is 0 Å². The molecule has 2 atom stereocenters. The average molecular weight is 186 g/mol. The van der Waals surface area contributed by atoms with Crippen LogP contribution in [0.3, 0.4) is 0 Å². The van der Waals surface area contributed by atoms with Gasteiger partial charge in [-0.05, 0) is 32.0 Å². The highest BCUT2D eigenvalue weighted by Gasteiger charge is 2.29. The van der Waals surface area contributed by atoms with E-state index in [0.717, 1.165) is 12.5 Å².